The Balaban J connectivity index is 2.00. The number of carbonyl (C=O) groups excluding carboxylic acids is 1. The fraction of sp³-hybridized carbons (Fsp3) is 0.231. The second kappa shape index (κ2) is 5.30. The molecule has 0 atom stereocenters. The Morgan fingerprint density at radius 1 is 1.35 bits per heavy atom. The fourth-order valence-electron chi connectivity index (χ4n) is 1.48. The first kappa shape index (κ1) is 11.4. The summed E-state index contributed by atoms with van der Waals surface area (Å²) < 4.78 is 10.9. The molecule has 1 aromatic heterocycles. The van der Waals surface area contributed by atoms with Gasteiger partial charge in [-0.15, -0.1) is 0 Å². The van der Waals surface area contributed by atoms with Gasteiger partial charge in [0.15, 0.2) is 6.61 Å². The molecule has 1 aromatic carbocycles. The summed E-state index contributed by atoms with van der Waals surface area (Å²) in [5.74, 6) is 1.92. The van der Waals surface area contributed by atoms with E-state index >= 15 is 0 Å². The van der Waals surface area contributed by atoms with Crippen LogP contribution in [0.25, 0.3) is 0 Å². The van der Waals surface area contributed by atoms with Gasteiger partial charge >= 0.3 is 0 Å². The highest BCUT2D eigenvalue weighted by atomic mass is 16.5. The molecule has 0 aliphatic carbocycles. The summed E-state index contributed by atoms with van der Waals surface area (Å²) in [6, 6.07) is 9.44. The van der Waals surface area contributed by atoms with Crippen LogP contribution in [-0.4, -0.2) is 11.3 Å². The average Bonchev–Trinajstić information content (AvgIpc) is 2.70. The van der Waals surface area contributed by atoms with Gasteiger partial charge in [-0.05, 0) is 19.1 Å². The molecule has 0 aliphatic rings. The molecule has 2 aromatic rings. The molecule has 0 spiro atoms. The van der Waals surface area contributed by atoms with E-state index in [1.807, 2.05) is 30.3 Å². The molecule has 0 fully saturated rings. The van der Waals surface area contributed by atoms with Crippen LogP contribution in [0.4, 0.5) is 0 Å². The molecule has 4 heteroatoms. The number of hydrogen-bond donors (Lipinski definition) is 0. The van der Waals surface area contributed by atoms with Crippen LogP contribution in [0.3, 0.4) is 0 Å². The molecule has 4 nitrogen and oxygen atoms in total. The number of hydrogen-bond acceptors (Lipinski definition) is 4. The van der Waals surface area contributed by atoms with Crippen molar-refractivity contribution >= 4 is 6.29 Å². The summed E-state index contributed by atoms with van der Waals surface area (Å²) in [5, 5.41) is 0. The van der Waals surface area contributed by atoms with Crippen LogP contribution in [0.1, 0.15) is 17.3 Å². The van der Waals surface area contributed by atoms with Crippen molar-refractivity contribution in [3.05, 3.63) is 47.7 Å². The molecule has 2 rings (SSSR count). The number of rotatable bonds is 5. The summed E-state index contributed by atoms with van der Waals surface area (Å²) in [6.45, 7) is 2.06. The van der Waals surface area contributed by atoms with Crippen LogP contribution in [0.5, 0.6) is 5.75 Å². The molecule has 0 radical (unpaired) electrons. The van der Waals surface area contributed by atoms with Crippen LogP contribution in [0.15, 0.2) is 34.7 Å². The lowest BCUT2D eigenvalue weighted by Gasteiger charge is -2.01. The van der Waals surface area contributed by atoms with Crippen molar-refractivity contribution in [2.45, 2.75) is 20.0 Å². The van der Waals surface area contributed by atoms with Gasteiger partial charge in [0, 0.05) is 6.42 Å². The van der Waals surface area contributed by atoms with Crippen molar-refractivity contribution in [1.82, 2.24) is 4.98 Å². The zero-order valence-corrected chi connectivity index (χ0v) is 9.55. The molecule has 88 valence electrons. The molecule has 0 saturated heterocycles. The molecule has 0 bridgehead atoms. The number of carbonyl (C=O) groups is 1. The summed E-state index contributed by atoms with van der Waals surface area (Å²) in [6.07, 6.45) is 1.09. The van der Waals surface area contributed by atoms with Gasteiger partial charge in [0.1, 0.15) is 17.8 Å². The lowest BCUT2D eigenvalue weighted by molar-refractivity contribution is -0.107. The normalized spacial score (nSPS) is 10.2. The van der Waals surface area contributed by atoms with Crippen molar-refractivity contribution in [2.24, 2.45) is 0 Å². The second-order valence-electron chi connectivity index (χ2n) is 3.58. The Bertz CT molecular complexity index is 491. The number of oxazole rings is 1. The quantitative estimate of drug-likeness (QED) is 0.741. The van der Waals surface area contributed by atoms with Crippen LogP contribution in [0, 0.1) is 6.92 Å². The molecule has 0 unspecified atom stereocenters. The van der Waals surface area contributed by atoms with Crippen molar-refractivity contribution in [2.75, 3.05) is 0 Å². The Hall–Kier alpha value is -2.10. The largest absolute Gasteiger partial charge is 0.484 e. The first-order valence-corrected chi connectivity index (χ1v) is 5.36. The molecule has 17 heavy (non-hydrogen) atoms. The van der Waals surface area contributed by atoms with Crippen molar-refractivity contribution in [1.29, 1.82) is 0 Å². The van der Waals surface area contributed by atoms with Gasteiger partial charge < -0.3 is 13.9 Å². The Morgan fingerprint density at radius 2 is 2.12 bits per heavy atom. The van der Waals surface area contributed by atoms with Gasteiger partial charge in [0.2, 0.25) is 5.89 Å². The number of aryl methyl sites for hydroxylation is 1. The second-order valence-corrected chi connectivity index (χ2v) is 3.58. The molecular formula is C13H13NO3. The first-order valence-electron chi connectivity index (χ1n) is 5.36. The molecule has 0 N–H and O–H groups in total. The first-order chi connectivity index (χ1) is 8.29. The predicted octanol–water partition coefficient (Wildman–Crippen LogP) is 2.30. The van der Waals surface area contributed by atoms with Gasteiger partial charge in [-0.1, -0.05) is 18.2 Å². The Morgan fingerprint density at radius 3 is 2.82 bits per heavy atom. The topological polar surface area (TPSA) is 52.3 Å². The summed E-state index contributed by atoms with van der Waals surface area (Å²) >= 11 is 0. The highest BCUT2D eigenvalue weighted by Gasteiger charge is 2.09. The maximum atomic E-state index is 10.4. The zero-order valence-electron chi connectivity index (χ0n) is 9.55. The molecular weight excluding hydrogens is 218 g/mol. The third-order valence-electron chi connectivity index (χ3n) is 2.32. The van der Waals surface area contributed by atoms with E-state index in [0.29, 0.717) is 17.3 Å². The van der Waals surface area contributed by atoms with Crippen LogP contribution < -0.4 is 4.74 Å². The molecule has 0 aliphatic heterocycles. The lowest BCUT2D eigenvalue weighted by Crippen LogP contribution is -1.96. The van der Waals surface area contributed by atoms with Gasteiger partial charge in [0.05, 0.1) is 5.69 Å². The van der Waals surface area contributed by atoms with Gasteiger partial charge in [0.25, 0.3) is 0 Å². The van der Waals surface area contributed by atoms with E-state index in [0.717, 1.165) is 12.0 Å². The van der Waals surface area contributed by atoms with E-state index in [4.69, 9.17) is 9.15 Å². The lowest BCUT2D eigenvalue weighted by atomic mass is 10.3. The number of nitrogens with zero attached hydrogens (tertiary/aromatic N) is 1. The number of benzene rings is 1. The molecule has 0 saturated carbocycles. The molecule has 0 amide bonds. The summed E-state index contributed by atoms with van der Waals surface area (Å²) in [5.41, 5.74) is 0.673. The Kier molecular flexibility index (Phi) is 3.55. The highest BCUT2D eigenvalue weighted by molar-refractivity contribution is 5.54. The standard InChI is InChI=1S/C13H13NO3/c1-10-12(7-8-15)14-13(17-10)9-16-11-5-3-2-4-6-11/h2-6,8H,7,9H2,1H3. The molecule has 1 heterocycles. The predicted molar refractivity (Wildman–Crippen MR) is 61.8 cm³/mol. The third kappa shape index (κ3) is 2.93. The van der Waals surface area contributed by atoms with Crippen LogP contribution in [0.2, 0.25) is 0 Å². The number of aldehydes is 1. The smallest absolute Gasteiger partial charge is 0.232 e. The maximum absolute atomic E-state index is 10.4. The van der Waals surface area contributed by atoms with E-state index in [2.05, 4.69) is 4.98 Å². The van der Waals surface area contributed by atoms with Gasteiger partial charge in [-0.3, -0.25) is 0 Å². The SMILES string of the molecule is Cc1oc(COc2ccccc2)nc1CC=O. The van der Waals surface area contributed by atoms with Gasteiger partial charge in [-0.2, -0.15) is 0 Å². The van der Waals surface area contributed by atoms with E-state index in [1.165, 1.54) is 0 Å². The summed E-state index contributed by atoms with van der Waals surface area (Å²) in [4.78, 5) is 14.6. The van der Waals surface area contributed by atoms with E-state index in [-0.39, 0.29) is 13.0 Å². The zero-order chi connectivity index (χ0) is 12.1. The average molecular weight is 231 g/mol. The van der Waals surface area contributed by atoms with Crippen molar-refractivity contribution < 1.29 is 13.9 Å². The minimum absolute atomic E-state index is 0.268. The minimum atomic E-state index is 0.268. The van der Waals surface area contributed by atoms with Crippen molar-refractivity contribution in [3.8, 4) is 5.75 Å². The third-order valence-corrected chi connectivity index (χ3v) is 2.32. The number of aromatic nitrogens is 1. The fourth-order valence-corrected chi connectivity index (χ4v) is 1.48. The summed E-state index contributed by atoms with van der Waals surface area (Å²) in [7, 11) is 0. The van der Waals surface area contributed by atoms with Crippen molar-refractivity contribution in [3.63, 3.8) is 0 Å². The van der Waals surface area contributed by atoms with Crippen LogP contribution >= 0.6 is 0 Å². The van der Waals surface area contributed by atoms with Crippen LogP contribution in [-0.2, 0) is 17.8 Å². The maximum Gasteiger partial charge on any atom is 0.232 e. The van der Waals surface area contributed by atoms with Gasteiger partial charge in [-0.25, -0.2) is 4.98 Å². The highest BCUT2D eigenvalue weighted by Crippen LogP contribution is 2.14. The monoisotopic (exact) mass is 231 g/mol. The van der Waals surface area contributed by atoms with E-state index in [9.17, 15) is 4.79 Å². The van der Waals surface area contributed by atoms with E-state index < -0.39 is 0 Å². The Labute approximate surface area is 99.2 Å². The number of ether oxygens (including phenoxy) is 1. The van der Waals surface area contributed by atoms with E-state index in [1.54, 1.807) is 6.92 Å². The minimum Gasteiger partial charge on any atom is -0.484 e. The number of para-hydroxylation sites is 1.